The van der Waals surface area contributed by atoms with Gasteiger partial charge >= 0.3 is 0 Å². The third-order valence-corrected chi connectivity index (χ3v) is 2.83. The fourth-order valence-electron chi connectivity index (χ4n) is 1.24. The van der Waals surface area contributed by atoms with E-state index in [1.807, 2.05) is 0 Å². The van der Waals surface area contributed by atoms with E-state index in [4.69, 9.17) is 10.5 Å². The monoisotopic (exact) mass is 200 g/mol. The zero-order chi connectivity index (χ0) is 10.6. The van der Waals surface area contributed by atoms with E-state index < -0.39 is 0 Å². The molecule has 0 aromatic carbocycles. The van der Waals surface area contributed by atoms with Gasteiger partial charge in [0, 0.05) is 20.2 Å². The Labute approximate surface area is 85.2 Å². The highest BCUT2D eigenvalue weighted by Crippen LogP contribution is 2.43. The molecule has 1 aliphatic carbocycles. The van der Waals surface area contributed by atoms with Crippen LogP contribution in [0, 0.1) is 5.41 Å². The normalized spacial score (nSPS) is 20.2. The van der Waals surface area contributed by atoms with Gasteiger partial charge in [0.05, 0.1) is 12.5 Å². The average Bonchev–Trinajstić information content (AvgIpc) is 2.90. The molecule has 1 unspecified atom stereocenters. The van der Waals surface area contributed by atoms with Crippen LogP contribution < -0.4 is 11.1 Å². The predicted molar refractivity (Wildman–Crippen MR) is 54.8 cm³/mol. The third-order valence-electron chi connectivity index (χ3n) is 2.83. The molecule has 1 rings (SSSR count). The van der Waals surface area contributed by atoms with Crippen LogP contribution in [-0.4, -0.2) is 32.2 Å². The molecule has 3 N–H and O–H groups in total. The summed E-state index contributed by atoms with van der Waals surface area (Å²) in [6.07, 6.45) is 2.65. The van der Waals surface area contributed by atoms with E-state index in [0.29, 0.717) is 18.4 Å². The van der Waals surface area contributed by atoms with Crippen molar-refractivity contribution in [1.82, 2.24) is 5.32 Å². The molecule has 0 radical (unpaired) electrons. The minimum Gasteiger partial charge on any atom is -0.380 e. The molecule has 0 aromatic rings. The van der Waals surface area contributed by atoms with Crippen molar-refractivity contribution in [3.8, 4) is 0 Å². The van der Waals surface area contributed by atoms with Crippen LogP contribution in [0.15, 0.2) is 0 Å². The number of amides is 1. The van der Waals surface area contributed by atoms with Crippen LogP contribution in [0.2, 0.25) is 0 Å². The zero-order valence-electron chi connectivity index (χ0n) is 9.01. The molecule has 4 nitrogen and oxygen atoms in total. The fourth-order valence-corrected chi connectivity index (χ4v) is 1.24. The summed E-state index contributed by atoms with van der Waals surface area (Å²) < 4.78 is 5.03. The molecule has 14 heavy (non-hydrogen) atoms. The summed E-state index contributed by atoms with van der Waals surface area (Å²) in [7, 11) is 1.58. The van der Waals surface area contributed by atoms with Gasteiger partial charge in [-0.25, -0.2) is 0 Å². The molecule has 1 saturated carbocycles. The van der Waals surface area contributed by atoms with E-state index in [9.17, 15) is 4.79 Å². The van der Waals surface area contributed by atoms with Gasteiger partial charge < -0.3 is 15.8 Å². The van der Waals surface area contributed by atoms with Crippen LogP contribution in [-0.2, 0) is 9.53 Å². The molecule has 0 heterocycles. The van der Waals surface area contributed by atoms with Crippen molar-refractivity contribution in [3.05, 3.63) is 0 Å². The van der Waals surface area contributed by atoms with Crippen LogP contribution in [0.3, 0.4) is 0 Å². The van der Waals surface area contributed by atoms with E-state index in [-0.39, 0.29) is 12.0 Å². The van der Waals surface area contributed by atoms with Gasteiger partial charge in [0.1, 0.15) is 0 Å². The van der Waals surface area contributed by atoms with Crippen molar-refractivity contribution in [1.29, 1.82) is 0 Å². The summed E-state index contributed by atoms with van der Waals surface area (Å²) in [5, 5.41) is 2.91. The molecular formula is C10H20N2O2. The Morgan fingerprint density at radius 3 is 2.71 bits per heavy atom. The third kappa shape index (κ3) is 3.64. The second kappa shape index (κ2) is 4.75. The molecule has 4 heteroatoms. The number of ether oxygens (including phenoxy) is 1. The predicted octanol–water partition coefficient (Wildman–Crippen LogP) is 0.267. The lowest BCUT2D eigenvalue weighted by Crippen LogP contribution is -2.34. The van der Waals surface area contributed by atoms with Crippen molar-refractivity contribution in [2.75, 3.05) is 20.2 Å². The summed E-state index contributed by atoms with van der Waals surface area (Å²) in [6, 6.07) is 0. The number of hydrogen-bond acceptors (Lipinski definition) is 3. The highest BCUT2D eigenvalue weighted by Gasteiger charge is 2.37. The Balaban J connectivity index is 2.14. The lowest BCUT2D eigenvalue weighted by atomic mass is 10.1. The quantitative estimate of drug-likeness (QED) is 0.646. The van der Waals surface area contributed by atoms with Crippen LogP contribution in [0.5, 0.6) is 0 Å². The number of nitrogens with two attached hydrogens (primary N) is 1. The standard InChI is InChI=1S/C10H20N2O2/c1-10(3-4-10)7-12-9(13)5-8(6-11)14-2/h8H,3-7,11H2,1-2H3,(H,12,13). The second-order valence-electron chi connectivity index (χ2n) is 4.38. The first-order valence-electron chi connectivity index (χ1n) is 5.09. The van der Waals surface area contributed by atoms with E-state index in [1.54, 1.807) is 7.11 Å². The summed E-state index contributed by atoms with van der Waals surface area (Å²) in [6.45, 7) is 3.36. The van der Waals surface area contributed by atoms with Gasteiger partial charge in [0.15, 0.2) is 0 Å². The SMILES string of the molecule is COC(CN)CC(=O)NCC1(C)CC1. The van der Waals surface area contributed by atoms with Crippen molar-refractivity contribution in [2.45, 2.75) is 32.3 Å². The molecule has 0 aromatic heterocycles. The lowest BCUT2D eigenvalue weighted by molar-refractivity contribution is -0.123. The van der Waals surface area contributed by atoms with Crippen LogP contribution >= 0.6 is 0 Å². The summed E-state index contributed by atoms with van der Waals surface area (Å²) in [5.41, 5.74) is 5.78. The molecule has 0 bridgehead atoms. The smallest absolute Gasteiger partial charge is 0.222 e. The molecule has 1 amide bonds. The first kappa shape index (κ1) is 11.5. The Hall–Kier alpha value is -0.610. The molecule has 1 aliphatic rings. The largest absolute Gasteiger partial charge is 0.380 e. The van der Waals surface area contributed by atoms with Crippen molar-refractivity contribution in [3.63, 3.8) is 0 Å². The number of rotatable bonds is 6. The van der Waals surface area contributed by atoms with Gasteiger partial charge in [-0.1, -0.05) is 6.92 Å². The topological polar surface area (TPSA) is 64.3 Å². The highest BCUT2D eigenvalue weighted by atomic mass is 16.5. The summed E-state index contributed by atoms with van der Waals surface area (Å²) in [5.74, 6) is 0.0374. The number of hydrogen-bond donors (Lipinski definition) is 2. The molecule has 1 atom stereocenters. The van der Waals surface area contributed by atoms with Gasteiger partial charge in [-0.2, -0.15) is 0 Å². The number of carbonyl (C=O) groups excluding carboxylic acids is 1. The van der Waals surface area contributed by atoms with E-state index in [0.717, 1.165) is 6.54 Å². The Kier molecular flexibility index (Phi) is 3.89. The first-order valence-corrected chi connectivity index (χ1v) is 5.09. The molecule has 0 spiro atoms. The number of methoxy groups -OCH3 is 1. The van der Waals surface area contributed by atoms with Gasteiger partial charge in [-0.3, -0.25) is 4.79 Å². The Bertz CT molecular complexity index is 198. The highest BCUT2D eigenvalue weighted by molar-refractivity contribution is 5.76. The minimum atomic E-state index is -0.151. The maximum atomic E-state index is 11.4. The first-order chi connectivity index (χ1) is 6.59. The second-order valence-corrected chi connectivity index (χ2v) is 4.38. The maximum absolute atomic E-state index is 11.4. The molecule has 1 fully saturated rings. The average molecular weight is 200 g/mol. The van der Waals surface area contributed by atoms with Crippen LogP contribution in [0.25, 0.3) is 0 Å². The number of carbonyl (C=O) groups is 1. The van der Waals surface area contributed by atoms with Crippen LogP contribution in [0.1, 0.15) is 26.2 Å². The Morgan fingerprint density at radius 2 is 2.29 bits per heavy atom. The maximum Gasteiger partial charge on any atom is 0.222 e. The van der Waals surface area contributed by atoms with Gasteiger partial charge in [-0.05, 0) is 18.3 Å². The van der Waals surface area contributed by atoms with E-state index in [1.165, 1.54) is 12.8 Å². The van der Waals surface area contributed by atoms with Crippen molar-refractivity contribution >= 4 is 5.91 Å². The Morgan fingerprint density at radius 1 is 1.64 bits per heavy atom. The molecule has 0 saturated heterocycles. The number of nitrogens with one attached hydrogen (secondary N) is 1. The van der Waals surface area contributed by atoms with Gasteiger partial charge in [0.25, 0.3) is 0 Å². The summed E-state index contributed by atoms with van der Waals surface area (Å²) in [4.78, 5) is 11.4. The lowest BCUT2D eigenvalue weighted by Gasteiger charge is -2.14. The van der Waals surface area contributed by atoms with E-state index in [2.05, 4.69) is 12.2 Å². The molecule has 0 aliphatic heterocycles. The van der Waals surface area contributed by atoms with Gasteiger partial charge in [-0.15, -0.1) is 0 Å². The fraction of sp³-hybridized carbons (Fsp3) is 0.900. The molecule has 82 valence electrons. The van der Waals surface area contributed by atoms with Gasteiger partial charge in [0.2, 0.25) is 5.91 Å². The van der Waals surface area contributed by atoms with Crippen LogP contribution in [0.4, 0.5) is 0 Å². The minimum absolute atomic E-state index is 0.0374. The summed E-state index contributed by atoms with van der Waals surface area (Å²) >= 11 is 0. The van der Waals surface area contributed by atoms with E-state index >= 15 is 0 Å². The zero-order valence-corrected chi connectivity index (χ0v) is 9.01. The van der Waals surface area contributed by atoms with Crippen molar-refractivity contribution < 1.29 is 9.53 Å². The van der Waals surface area contributed by atoms with Crippen molar-refractivity contribution in [2.24, 2.45) is 11.1 Å². The molecular weight excluding hydrogens is 180 g/mol.